The number of carbonyl (C=O) groups is 2. The molecule has 0 aromatic heterocycles. The van der Waals surface area contributed by atoms with Gasteiger partial charge in [-0.25, -0.2) is 0 Å². The first-order chi connectivity index (χ1) is 10.2. The average Bonchev–Trinajstić information content (AvgIpc) is 2.44. The third kappa shape index (κ3) is 8.48. The molecule has 0 atom stereocenters. The maximum Gasteiger partial charge on any atom is 0.422 e. The quantitative estimate of drug-likeness (QED) is 0.705. The first-order valence-corrected chi connectivity index (χ1v) is 6.35. The zero-order valence-electron chi connectivity index (χ0n) is 11.6. The summed E-state index contributed by atoms with van der Waals surface area (Å²) in [6.45, 7) is -2.19. The second-order valence-electron chi connectivity index (χ2n) is 4.07. The van der Waals surface area contributed by atoms with Crippen molar-refractivity contribution in [1.29, 1.82) is 0 Å². The van der Waals surface area contributed by atoms with E-state index in [-0.39, 0.29) is 42.0 Å². The normalized spacial score (nSPS) is 10.5. The molecular formula is C12H14Cl2F3N3O3. The molecule has 0 aliphatic rings. The van der Waals surface area contributed by atoms with Gasteiger partial charge in [0.1, 0.15) is 5.75 Å². The minimum absolute atomic E-state index is 0. The molecule has 0 aliphatic carbocycles. The number of anilines is 1. The van der Waals surface area contributed by atoms with Crippen molar-refractivity contribution in [3.05, 3.63) is 23.2 Å². The summed E-state index contributed by atoms with van der Waals surface area (Å²) in [4.78, 5) is 22.5. The van der Waals surface area contributed by atoms with Crippen molar-refractivity contribution in [1.82, 2.24) is 5.32 Å². The van der Waals surface area contributed by atoms with Crippen molar-refractivity contribution in [2.45, 2.75) is 6.18 Å². The zero-order valence-corrected chi connectivity index (χ0v) is 13.1. The molecule has 23 heavy (non-hydrogen) atoms. The van der Waals surface area contributed by atoms with Crippen LogP contribution < -0.4 is 21.1 Å². The van der Waals surface area contributed by atoms with E-state index in [0.717, 1.165) is 6.07 Å². The summed E-state index contributed by atoms with van der Waals surface area (Å²) in [7, 11) is 0. The lowest BCUT2D eigenvalue weighted by Gasteiger charge is -2.14. The lowest BCUT2D eigenvalue weighted by Crippen LogP contribution is -2.36. The molecule has 1 aromatic carbocycles. The molecule has 0 saturated heterocycles. The molecule has 0 spiro atoms. The van der Waals surface area contributed by atoms with Crippen LogP contribution in [-0.4, -0.2) is 37.7 Å². The lowest BCUT2D eigenvalue weighted by molar-refractivity contribution is -0.153. The molecule has 0 bridgehead atoms. The largest absolute Gasteiger partial charge is 0.482 e. The van der Waals surface area contributed by atoms with Crippen molar-refractivity contribution in [2.24, 2.45) is 5.73 Å². The second-order valence-corrected chi connectivity index (χ2v) is 4.51. The number of nitrogens with one attached hydrogen (secondary N) is 2. The van der Waals surface area contributed by atoms with Crippen molar-refractivity contribution in [3.8, 4) is 5.75 Å². The predicted octanol–water partition coefficient (Wildman–Crippen LogP) is 1.72. The minimum Gasteiger partial charge on any atom is -0.482 e. The van der Waals surface area contributed by atoms with Gasteiger partial charge < -0.3 is 21.1 Å². The highest BCUT2D eigenvalue weighted by Crippen LogP contribution is 2.29. The van der Waals surface area contributed by atoms with Gasteiger partial charge in [-0.15, -0.1) is 12.4 Å². The number of nitrogens with two attached hydrogens (primary N) is 1. The van der Waals surface area contributed by atoms with Crippen LogP contribution in [0.2, 0.25) is 5.02 Å². The van der Waals surface area contributed by atoms with E-state index in [2.05, 4.69) is 15.4 Å². The highest BCUT2D eigenvalue weighted by Gasteiger charge is 2.29. The van der Waals surface area contributed by atoms with Gasteiger partial charge in [-0.2, -0.15) is 13.2 Å². The van der Waals surface area contributed by atoms with Crippen LogP contribution in [0.1, 0.15) is 0 Å². The fourth-order valence-electron chi connectivity index (χ4n) is 1.32. The number of rotatable bonds is 6. The van der Waals surface area contributed by atoms with Crippen LogP contribution in [0.5, 0.6) is 5.75 Å². The predicted molar refractivity (Wildman–Crippen MR) is 80.9 cm³/mol. The van der Waals surface area contributed by atoms with E-state index < -0.39 is 24.6 Å². The maximum atomic E-state index is 12.2. The van der Waals surface area contributed by atoms with E-state index in [0.29, 0.717) is 0 Å². The van der Waals surface area contributed by atoms with Crippen LogP contribution in [0.4, 0.5) is 18.9 Å². The van der Waals surface area contributed by atoms with Gasteiger partial charge in [0.05, 0.1) is 18.8 Å². The third-order valence-electron chi connectivity index (χ3n) is 2.24. The Kier molecular flexibility index (Phi) is 8.73. The highest BCUT2D eigenvalue weighted by atomic mass is 35.5. The molecule has 6 nitrogen and oxygen atoms in total. The number of ether oxygens (including phenoxy) is 1. The fraction of sp³-hybridized carbons (Fsp3) is 0.333. The first kappa shape index (κ1) is 21.3. The molecule has 0 fully saturated rings. The molecule has 2 amide bonds. The molecule has 0 heterocycles. The molecule has 4 N–H and O–H groups in total. The number of amides is 2. The number of hydrogen-bond acceptors (Lipinski definition) is 4. The molecule has 130 valence electrons. The Balaban J connectivity index is 0.00000484. The monoisotopic (exact) mass is 375 g/mol. The Morgan fingerprint density at radius 3 is 2.48 bits per heavy atom. The summed E-state index contributed by atoms with van der Waals surface area (Å²) in [5.41, 5.74) is 5.05. The van der Waals surface area contributed by atoms with E-state index in [1.165, 1.54) is 12.1 Å². The average molecular weight is 376 g/mol. The van der Waals surface area contributed by atoms with Crippen molar-refractivity contribution < 1.29 is 27.5 Å². The number of halogens is 5. The number of hydrogen-bond donors (Lipinski definition) is 3. The molecule has 0 radical (unpaired) electrons. The van der Waals surface area contributed by atoms with Gasteiger partial charge in [0, 0.05) is 11.1 Å². The van der Waals surface area contributed by atoms with Gasteiger partial charge in [0.2, 0.25) is 11.8 Å². The van der Waals surface area contributed by atoms with Crippen molar-refractivity contribution >= 4 is 41.5 Å². The molecule has 1 aromatic rings. The van der Waals surface area contributed by atoms with Crippen LogP contribution in [0.3, 0.4) is 0 Å². The highest BCUT2D eigenvalue weighted by molar-refractivity contribution is 6.30. The Morgan fingerprint density at radius 1 is 1.26 bits per heavy atom. The zero-order chi connectivity index (χ0) is 16.8. The van der Waals surface area contributed by atoms with Crippen LogP contribution in [0, 0.1) is 0 Å². The number of alkyl halides is 3. The smallest absolute Gasteiger partial charge is 0.422 e. The van der Waals surface area contributed by atoms with Gasteiger partial charge >= 0.3 is 6.18 Å². The lowest BCUT2D eigenvalue weighted by atomic mass is 10.3. The molecule has 1 rings (SSSR count). The second kappa shape index (κ2) is 9.43. The summed E-state index contributed by atoms with van der Waals surface area (Å²) >= 11 is 5.68. The van der Waals surface area contributed by atoms with Gasteiger partial charge in [-0.3, -0.25) is 9.59 Å². The minimum atomic E-state index is -4.53. The van der Waals surface area contributed by atoms with E-state index in [9.17, 15) is 22.8 Å². The van der Waals surface area contributed by atoms with E-state index in [1.807, 2.05) is 0 Å². The Labute approximate surface area is 140 Å². The van der Waals surface area contributed by atoms with Gasteiger partial charge in [0.15, 0.2) is 6.61 Å². The van der Waals surface area contributed by atoms with Crippen molar-refractivity contribution in [3.63, 3.8) is 0 Å². The summed E-state index contributed by atoms with van der Waals surface area (Å²) in [5.74, 6) is -1.43. The van der Waals surface area contributed by atoms with Crippen LogP contribution >= 0.6 is 24.0 Å². The summed E-state index contributed by atoms with van der Waals surface area (Å²) < 4.78 is 41.1. The standard InChI is InChI=1S/C12H13ClF3N3O3.ClH/c13-7-1-2-8(9(3-7)22-6-12(14,15)16)19-11(21)5-18-10(20)4-17;/h1-3H,4-6,17H2,(H,18,20)(H,19,21);1H. The third-order valence-corrected chi connectivity index (χ3v) is 2.48. The Hall–Kier alpha value is -1.71. The molecule has 11 heteroatoms. The topological polar surface area (TPSA) is 93.5 Å². The molecule has 0 saturated carbocycles. The van der Waals surface area contributed by atoms with E-state index >= 15 is 0 Å². The Bertz CT molecular complexity index is 556. The van der Waals surface area contributed by atoms with E-state index in [1.54, 1.807) is 0 Å². The molecular weight excluding hydrogens is 362 g/mol. The van der Waals surface area contributed by atoms with Crippen LogP contribution in [0.25, 0.3) is 0 Å². The van der Waals surface area contributed by atoms with Gasteiger partial charge in [0.25, 0.3) is 0 Å². The summed E-state index contributed by atoms with van der Waals surface area (Å²) in [5, 5.41) is 4.67. The number of carbonyl (C=O) groups excluding carboxylic acids is 2. The van der Waals surface area contributed by atoms with Crippen molar-refractivity contribution in [2.75, 3.05) is 25.0 Å². The van der Waals surface area contributed by atoms with E-state index in [4.69, 9.17) is 17.3 Å². The Morgan fingerprint density at radius 2 is 1.91 bits per heavy atom. The van der Waals surface area contributed by atoms with Gasteiger partial charge in [-0.1, -0.05) is 11.6 Å². The molecule has 0 unspecified atom stereocenters. The fourth-order valence-corrected chi connectivity index (χ4v) is 1.49. The van der Waals surface area contributed by atoms with Crippen LogP contribution in [-0.2, 0) is 9.59 Å². The summed E-state index contributed by atoms with van der Waals surface area (Å²) in [6, 6.07) is 3.80. The first-order valence-electron chi connectivity index (χ1n) is 5.97. The molecule has 0 aliphatic heterocycles. The SMILES string of the molecule is Cl.NCC(=O)NCC(=O)Nc1ccc(Cl)cc1OCC(F)(F)F. The van der Waals surface area contributed by atoms with Crippen LogP contribution in [0.15, 0.2) is 18.2 Å². The number of benzene rings is 1. The maximum absolute atomic E-state index is 12.2. The summed E-state index contributed by atoms with van der Waals surface area (Å²) in [6.07, 6.45) is -4.53. The van der Waals surface area contributed by atoms with Gasteiger partial charge in [-0.05, 0) is 12.1 Å².